The summed E-state index contributed by atoms with van der Waals surface area (Å²) in [6.07, 6.45) is 1.12. The van der Waals surface area contributed by atoms with E-state index in [2.05, 4.69) is 30.5 Å². The molecule has 138 valence electrons. The second-order valence-electron chi connectivity index (χ2n) is 6.50. The maximum absolute atomic E-state index is 12.4. The molecule has 4 nitrogen and oxygen atoms in total. The van der Waals surface area contributed by atoms with Gasteiger partial charge in [-0.2, -0.15) is 0 Å². The second-order valence-corrected chi connectivity index (χ2v) is 6.90. The van der Waals surface area contributed by atoms with E-state index in [1.54, 1.807) is 24.3 Å². The maximum atomic E-state index is 12.4. The van der Waals surface area contributed by atoms with E-state index in [4.69, 9.17) is 17.0 Å². The third-order valence-electron chi connectivity index (χ3n) is 4.07. The Balaban J connectivity index is 2.01. The van der Waals surface area contributed by atoms with Gasteiger partial charge in [0, 0.05) is 11.3 Å². The number of anilines is 1. The lowest BCUT2D eigenvalue weighted by Crippen LogP contribution is -2.34. The van der Waals surface area contributed by atoms with Crippen LogP contribution in [0.5, 0.6) is 5.75 Å². The summed E-state index contributed by atoms with van der Waals surface area (Å²) in [5.74, 6) is 0.894. The Hall–Kier alpha value is -2.40. The highest BCUT2D eigenvalue weighted by molar-refractivity contribution is 7.80. The van der Waals surface area contributed by atoms with Gasteiger partial charge in [-0.15, -0.1) is 0 Å². The van der Waals surface area contributed by atoms with E-state index in [-0.39, 0.29) is 17.1 Å². The molecule has 0 radical (unpaired) electrons. The van der Waals surface area contributed by atoms with Crippen LogP contribution in [0.1, 0.15) is 56.0 Å². The molecule has 0 aliphatic carbocycles. The predicted octanol–water partition coefficient (Wildman–Crippen LogP) is 5.11. The average molecular weight is 371 g/mol. The average Bonchev–Trinajstić information content (AvgIpc) is 2.61. The standard InChI is InChI=1S/C21H26N2O2S/c1-5-15(4)18-8-6-7-9-19(18)22-21(26)23-20(24)16-10-12-17(13-11-16)25-14(2)3/h6-15H,5H2,1-4H3,(H2,22,23,24,26)/t15-/m1/s1. The second kappa shape index (κ2) is 9.34. The van der Waals surface area contributed by atoms with Crippen LogP contribution in [-0.4, -0.2) is 17.1 Å². The Morgan fingerprint density at radius 3 is 2.35 bits per heavy atom. The fourth-order valence-electron chi connectivity index (χ4n) is 2.55. The van der Waals surface area contributed by atoms with Gasteiger partial charge >= 0.3 is 0 Å². The molecule has 0 aromatic heterocycles. The zero-order valence-electron chi connectivity index (χ0n) is 15.7. The lowest BCUT2D eigenvalue weighted by atomic mass is 9.97. The molecule has 0 fully saturated rings. The van der Waals surface area contributed by atoms with Crippen molar-refractivity contribution in [1.29, 1.82) is 0 Å². The number of para-hydroxylation sites is 1. The van der Waals surface area contributed by atoms with E-state index in [1.165, 1.54) is 5.56 Å². The van der Waals surface area contributed by atoms with E-state index < -0.39 is 0 Å². The number of hydrogen-bond acceptors (Lipinski definition) is 3. The molecule has 26 heavy (non-hydrogen) atoms. The van der Waals surface area contributed by atoms with Crippen molar-refractivity contribution in [3.63, 3.8) is 0 Å². The summed E-state index contributed by atoms with van der Waals surface area (Å²) in [6.45, 7) is 8.24. The molecule has 1 amide bonds. The van der Waals surface area contributed by atoms with Crippen LogP contribution in [0.15, 0.2) is 48.5 Å². The molecular formula is C21H26N2O2S. The first-order chi connectivity index (χ1) is 12.4. The molecule has 2 aromatic rings. The fraction of sp³-hybridized carbons (Fsp3) is 0.333. The van der Waals surface area contributed by atoms with Crippen LogP contribution >= 0.6 is 12.2 Å². The first-order valence-electron chi connectivity index (χ1n) is 8.88. The van der Waals surface area contributed by atoms with Crippen molar-refractivity contribution in [1.82, 2.24) is 5.32 Å². The van der Waals surface area contributed by atoms with Gasteiger partial charge in [-0.1, -0.05) is 32.0 Å². The topological polar surface area (TPSA) is 50.4 Å². The summed E-state index contributed by atoms with van der Waals surface area (Å²) in [4.78, 5) is 12.4. The third kappa shape index (κ3) is 5.56. The molecule has 2 rings (SSSR count). The molecule has 0 spiro atoms. The van der Waals surface area contributed by atoms with Crippen LogP contribution in [0.4, 0.5) is 5.69 Å². The van der Waals surface area contributed by atoms with Gasteiger partial charge in [-0.3, -0.25) is 10.1 Å². The normalized spacial score (nSPS) is 11.7. The molecule has 0 bridgehead atoms. The molecule has 5 heteroatoms. The Bertz CT molecular complexity index is 757. The summed E-state index contributed by atoms with van der Waals surface area (Å²) >= 11 is 5.31. The first kappa shape index (κ1) is 19.9. The minimum Gasteiger partial charge on any atom is -0.491 e. The van der Waals surface area contributed by atoms with E-state index in [9.17, 15) is 4.79 Å². The number of nitrogens with one attached hydrogen (secondary N) is 2. The Kier molecular flexibility index (Phi) is 7.16. The zero-order valence-corrected chi connectivity index (χ0v) is 16.5. The molecule has 0 saturated carbocycles. The fourth-order valence-corrected chi connectivity index (χ4v) is 2.75. The minimum atomic E-state index is -0.250. The van der Waals surface area contributed by atoms with Gasteiger partial charge in [0.2, 0.25) is 0 Å². The number of ether oxygens (including phenoxy) is 1. The third-order valence-corrected chi connectivity index (χ3v) is 4.27. The number of amides is 1. The van der Waals surface area contributed by atoms with E-state index in [0.717, 1.165) is 17.9 Å². The molecule has 2 N–H and O–H groups in total. The Labute approximate surface area is 161 Å². The smallest absolute Gasteiger partial charge is 0.257 e. The minimum absolute atomic E-state index is 0.0945. The summed E-state index contributed by atoms with van der Waals surface area (Å²) in [5, 5.41) is 6.15. The highest BCUT2D eigenvalue weighted by Gasteiger charge is 2.12. The van der Waals surface area contributed by atoms with Gasteiger partial charge < -0.3 is 10.1 Å². The van der Waals surface area contributed by atoms with Crippen LogP contribution in [0, 0.1) is 0 Å². The number of rotatable bonds is 6. The van der Waals surface area contributed by atoms with Gasteiger partial charge in [-0.05, 0) is 74.3 Å². The number of benzene rings is 2. The van der Waals surface area contributed by atoms with Crippen LogP contribution in [-0.2, 0) is 0 Å². The van der Waals surface area contributed by atoms with Crippen LogP contribution in [0.25, 0.3) is 0 Å². The molecular weight excluding hydrogens is 344 g/mol. The predicted molar refractivity (Wildman–Crippen MR) is 111 cm³/mol. The van der Waals surface area contributed by atoms with Gasteiger partial charge in [0.05, 0.1) is 6.10 Å². The lowest BCUT2D eigenvalue weighted by Gasteiger charge is -2.17. The SMILES string of the molecule is CC[C@@H](C)c1ccccc1NC(=S)NC(=O)c1ccc(OC(C)C)cc1. The Morgan fingerprint density at radius 2 is 1.73 bits per heavy atom. The number of thiocarbonyl (C=S) groups is 1. The summed E-state index contributed by atoms with van der Waals surface area (Å²) in [5.41, 5.74) is 2.63. The van der Waals surface area contributed by atoms with Crippen molar-refractivity contribution < 1.29 is 9.53 Å². The van der Waals surface area contributed by atoms with Crippen molar-refractivity contribution >= 4 is 28.9 Å². The largest absolute Gasteiger partial charge is 0.491 e. The molecule has 0 unspecified atom stereocenters. The van der Waals surface area contributed by atoms with E-state index in [0.29, 0.717) is 11.5 Å². The molecule has 0 aliphatic rings. The van der Waals surface area contributed by atoms with Crippen molar-refractivity contribution in [3.05, 3.63) is 59.7 Å². The highest BCUT2D eigenvalue weighted by atomic mass is 32.1. The monoisotopic (exact) mass is 370 g/mol. The van der Waals surface area contributed by atoms with Crippen molar-refractivity contribution in [2.24, 2.45) is 0 Å². The number of hydrogen-bond donors (Lipinski definition) is 2. The highest BCUT2D eigenvalue weighted by Crippen LogP contribution is 2.26. The Morgan fingerprint density at radius 1 is 1.08 bits per heavy atom. The zero-order chi connectivity index (χ0) is 19.1. The van der Waals surface area contributed by atoms with E-state index in [1.807, 2.05) is 32.0 Å². The summed E-state index contributed by atoms with van der Waals surface area (Å²) < 4.78 is 5.59. The van der Waals surface area contributed by atoms with E-state index >= 15 is 0 Å². The van der Waals surface area contributed by atoms with Crippen LogP contribution < -0.4 is 15.4 Å². The first-order valence-corrected chi connectivity index (χ1v) is 9.29. The lowest BCUT2D eigenvalue weighted by molar-refractivity contribution is 0.0977. The number of carbonyl (C=O) groups excluding carboxylic acids is 1. The van der Waals surface area contributed by atoms with Crippen LogP contribution in [0.2, 0.25) is 0 Å². The van der Waals surface area contributed by atoms with Gasteiger partial charge in [-0.25, -0.2) is 0 Å². The quantitative estimate of drug-likeness (QED) is 0.694. The summed E-state index contributed by atoms with van der Waals surface area (Å²) in [7, 11) is 0. The molecule has 0 heterocycles. The van der Waals surface area contributed by atoms with Crippen molar-refractivity contribution in [2.75, 3.05) is 5.32 Å². The van der Waals surface area contributed by atoms with Crippen molar-refractivity contribution in [3.8, 4) is 5.75 Å². The summed E-state index contributed by atoms with van der Waals surface area (Å²) in [6, 6.07) is 15.0. The molecule has 0 aliphatic heterocycles. The van der Waals surface area contributed by atoms with Gasteiger partial charge in [0.25, 0.3) is 5.91 Å². The molecule has 1 atom stereocenters. The number of carbonyl (C=O) groups is 1. The maximum Gasteiger partial charge on any atom is 0.257 e. The molecule has 2 aromatic carbocycles. The molecule has 0 saturated heterocycles. The van der Waals surface area contributed by atoms with Gasteiger partial charge in [0.1, 0.15) is 5.75 Å². The van der Waals surface area contributed by atoms with Crippen molar-refractivity contribution in [2.45, 2.75) is 46.1 Å². The van der Waals surface area contributed by atoms with Gasteiger partial charge in [0.15, 0.2) is 5.11 Å². The van der Waals surface area contributed by atoms with Crippen LogP contribution in [0.3, 0.4) is 0 Å².